The fourth-order valence-electron chi connectivity index (χ4n) is 2.90. The highest BCUT2D eigenvalue weighted by atomic mass is 19.1. The summed E-state index contributed by atoms with van der Waals surface area (Å²) in [4.78, 5) is 38.2. The van der Waals surface area contributed by atoms with Crippen molar-refractivity contribution >= 4 is 17.7 Å². The molecule has 0 radical (unpaired) electrons. The van der Waals surface area contributed by atoms with Gasteiger partial charge in [-0.3, -0.25) is 4.90 Å². The van der Waals surface area contributed by atoms with E-state index in [-0.39, 0.29) is 11.3 Å². The van der Waals surface area contributed by atoms with Gasteiger partial charge in [-0.2, -0.15) is 4.68 Å². The molecule has 30 heavy (non-hydrogen) atoms. The SMILES string of the molecule is Cc1ccc(C(=O)O)cc1N(C(=O)n1nnn(-c2c(F)cccc2F)c1=O)C(C)C. The molecule has 0 saturated carbocycles. The minimum Gasteiger partial charge on any atom is -0.478 e. The van der Waals surface area contributed by atoms with E-state index < -0.39 is 41.1 Å². The summed E-state index contributed by atoms with van der Waals surface area (Å²) in [5.74, 6) is -3.30. The number of carboxylic acid groups (broad SMARTS) is 1. The molecule has 0 aliphatic carbocycles. The number of halogens is 2. The van der Waals surface area contributed by atoms with Crippen LogP contribution in [0, 0.1) is 18.6 Å². The Hall–Kier alpha value is -3.89. The van der Waals surface area contributed by atoms with Crippen LogP contribution in [0.2, 0.25) is 0 Å². The van der Waals surface area contributed by atoms with E-state index in [1.807, 2.05) is 0 Å². The molecular weight excluding hydrogens is 400 g/mol. The number of carbonyl (C=O) groups excluding carboxylic acids is 1. The fourth-order valence-corrected chi connectivity index (χ4v) is 2.90. The Bertz CT molecular complexity index is 1180. The van der Waals surface area contributed by atoms with Crippen LogP contribution in [0.25, 0.3) is 5.69 Å². The second kappa shape index (κ2) is 7.85. The van der Waals surface area contributed by atoms with Gasteiger partial charge in [0.1, 0.15) is 5.69 Å². The molecule has 3 rings (SSSR count). The predicted octanol–water partition coefficient (Wildman–Crippen LogP) is 2.60. The van der Waals surface area contributed by atoms with Crippen molar-refractivity contribution < 1.29 is 23.5 Å². The monoisotopic (exact) mass is 417 g/mol. The number of hydrogen-bond acceptors (Lipinski definition) is 5. The first kappa shape index (κ1) is 20.8. The molecule has 1 N–H and O–H groups in total. The average molecular weight is 417 g/mol. The summed E-state index contributed by atoms with van der Waals surface area (Å²) in [5, 5.41) is 16.1. The molecule has 156 valence electrons. The van der Waals surface area contributed by atoms with Crippen LogP contribution in [0.15, 0.2) is 41.2 Å². The largest absolute Gasteiger partial charge is 0.478 e. The van der Waals surface area contributed by atoms with Gasteiger partial charge in [0.15, 0.2) is 11.6 Å². The molecular formula is C19H17F2N5O4. The maximum Gasteiger partial charge on any atom is 0.377 e. The quantitative estimate of drug-likeness (QED) is 0.654. The number of anilines is 1. The molecule has 1 aromatic heterocycles. The van der Waals surface area contributed by atoms with Crippen molar-refractivity contribution in [2.24, 2.45) is 0 Å². The van der Waals surface area contributed by atoms with Gasteiger partial charge >= 0.3 is 17.7 Å². The lowest BCUT2D eigenvalue weighted by Crippen LogP contribution is -2.45. The summed E-state index contributed by atoms with van der Waals surface area (Å²) in [6, 6.07) is 5.73. The first-order chi connectivity index (χ1) is 14.1. The van der Waals surface area contributed by atoms with E-state index >= 15 is 0 Å². The van der Waals surface area contributed by atoms with Crippen molar-refractivity contribution in [2.45, 2.75) is 26.8 Å². The number of aromatic nitrogens is 4. The summed E-state index contributed by atoms with van der Waals surface area (Å²) >= 11 is 0. The number of rotatable bonds is 4. The molecule has 0 saturated heterocycles. The van der Waals surface area contributed by atoms with Gasteiger partial charge in [0.25, 0.3) is 0 Å². The second-order valence-corrected chi connectivity index (χ2v) is 6.71. The molecule has 2 aromatic carbocycles. The zero-order chi connectivity index (χ0) is 22.2. The van der Waals surface area contributed by atoms with Gasteiger partial charge in [0, 0.05) is 11.7 Å². The zero-order valence-corrected chi connectivity index (χ0v) is 16.2. The van der Waals surface area contributed by atoms with E-state index in [9.17, 15) is 28.3 Å². The third kappa shape index (κ3) is 3.56. The first-order valence-electron chi connectivity index (χ1n) is 8.80. The van der Waals surface area contributed by atoms with Crippen molar-refractivity contribution in [1.29, 1.82) is 0 Å². The molecule has 0 spiro atoms. The van der Waals surface area contributed by atoms with Crippen molar-refractivity contribution in [2.75, 3.05) is 4.90 Å². The number of nitrogens with zero attached hydrogens (tertiary/aromatic N) is 5. The minimum atomic E-state index is -1.19. The van der Waals surface area contributed by atoms with Crippen LogP contribution in [0.1, 0.15) is 29.8 Å². The summed E-state index contributed by atoms with van der Waals surface area (Å²) in [7, 11) is 0. The standard InChI is InChI=1S/C19H17F2N5O4/c1-10(2)24(15-9-12(17(27)28)8-7-11(15)3)18(29)26-19(30)25(22-23-26)16-13(20)5-4-6-14(16)21/h4-10H,1-3H3,(H,27,28). The van der Waals surface area contributed by atoms with E-state index in [1.165, 1.54) is 18.2 Å². The van der Waals surface area contributed by atoms with Crippen molar-refractivity contribution in [1.82, 2.24) is 19.8 Å². The molecule has 3 aromatic rings. The molecule has 0 aliphatic heterocycles. The highest BCUT2D eigenvalue weighted by molar-refractivity contribution is 5.96. The second-order valence-electron chi connectivity index (χ2n) is 6.71. The van der Waals surface area contributed by atoms with Crippen LogP contribution in [0.5, 0.6) is 0 Å². The third-order valence-corrected chi connectivity index (χ3v) is 4.35. The maximum atomic E-state index is 14.0. The van der Waals surface area contributed by atoms with Crippen LogP contribution in [0.3, 0.4) is 0 Å². The van der Waals surface area contributed by atoms with E-state index in [1.54, 1.807) is 20.8 Å². The number of aryl methyl sites for hydroxylation is 1. The van der Waals surface area contributed by atoms with Gasteiger partial charge in [-0.15, -0.1) is 4.68 Å². The zero-order valence-electron chi connectivity index (χ0n) is 16.2. The normalized spacial score (nSPS) is 11.0. The Balaban J connectivity index is 2.12. The number of carbonyl (C=O) groups is 2. The van der Waals surface area contributed by atoms with E-state index in [2.05, 4.69) is 10.4 Å². The predicted molar refractivity (Wildman–Crippen MR) is 102 cm³/mol. The summed E-state index contributed by atoms with van der Waals surface area (Å²) in [6.45, 7) is 4.96. The van der Waals surface area contributed by atoms with Crippen molar-refractivity contribution in [3.05, 3.63) is 69.6 Å². The number of para-hydroxylation sites is 1. The Kier molecular flexibility index (Phi) is 5.45. The highest BCUT2D eigenvalue weighted by Gasteiger charge is 2.28. The molecule has 0 fully saturated rings. The lowest BCUT2D eigenvalue weighted by Gasteiger charge is -2.27. The molecule has 1 amide bonds. The summed E-state index contributed by atoms with van der Waals surface area (Å²) in [6.07, 6.45) is 0. The molecule has 11 heteroatoms. The average Bonchev–Trinajstić information content (AvgIpc) is 3.04. The van der Waals surface area contributed by atoms with Gasteiger partial charge in [-0.05, 0) is 61.0 Å². The lowest BCUT2D eigenvalue weighted by molar-refractivity contribution is 0.0697. The van der Waals surface area contributed by atoms with Crippen LogP contribution in [-0.2, 0) is 0 Å². The molecule has 0 unspecified atom stereocenters. The lowest BCUT2D eigenvalue weighted by atomic mass is 10.1. The number of amides is 1. The smallest absolute Gasteiger partial charge is 0.377 e. The molecule has 0 bridgehead atoms. The van der Waals surface area contributed by atoms with Crippen LogP contribution < -0.4 is 10.6 Å². The van der Waals surface area contributed by atoms with Gasteiger partial charge in [0.2, 0.25) is 0 Å². The number of benzene rings is 2. The number of aromatic carboxylic acids is 1. The number of carboxylic acids is 1. The third-order valence-electron chi connectivity index (χ3n) is 4.35. The maximum absolute atomic E-state index is 14.0. The van der Waals surface area contributed by atoms with E-state index in [0.29, 0.717) is 14.9 Å². The van der Waals surface area contributed by atoms with E-state index in [4.69, 9.17) is 0 Å². The van der Waals surface area contributed by atoms with E-state index in [0.717, 1.165) is 23.1 Å². The number of tetrazole rings is 1. The highest BCUT2D eigenvalue weighted by Crippen LogP contribution is 2.25. The molecule has 9 nitrogen and oxygen atoms in total. The Morgan fingerprint density at radius 2 is 1.73 bits per heavy atom. The molecule has 0 aliphatic rings. The molecule has 1 heterocycles. The van der Waals surface area contributed by atoms with Gasteiger partial charge in [-0.1, -0.05) is 12.1 Å². The van der Waals surface area contributed by atoms with Crippen LogP contribution >= 0.6 is 0 Å². The van der Waals surface area contributed by atoms with Crippen molar-refractivity contribution in [3.8, 4) is 5.69 Å². The Labute approximate surface area is 168 Å². The van der Waals surface area contributed by atoms with Crippen LogP contribution in [-0.4, -0.2) is 42.9 Å². The first-order valence-corrected chi connectivity index (χ1v) is 8.80. The Morgan fingerprint density at radius 3 is 2.30 bits per heavy atom. The van der Waals surface area contributed by atoms with Gasteiger partial charge < -0.3 is 5.11 Å². The van der Waals surface area contributed by atoms with Gasteiger partial charge in [-0.25, -0.2) is 23.2 Å². The fraction of sp³-hybridized carbons (Fsp3) is 0.211. The Morgan fingerprint density at radius 1 is 1.10 bits per heavy atom. The minimum absolute atomic E-state index is 0.0570. The van der Waals surface area contributed by atoms with Crippen LogP contribution in [0.4, 0.5) is 19.3 Å². The summed E-state index contributed by atoms with van der Waals surface area (Å²) in [5.41, 5.74) is -1.18. The van der Waals surface area contributed by atoms with Gasteiger partial charge in [0.05, 0.1) is 5.56 Å². The summed E-state index contributed by atoms with van der Waals surface area (Å²) < 4.78 is 28.8. The molecule has 0 atom stereocenters. The topological polar surface area (TPSA) is 110 Å². The van der Waals surface area contributed by atoms with Crippen molar-refractivity contribution in [3.63, 3.8) is 0 Å². The number of hydrogen-bond donors (Lipinski definition) is 1.